The maximum atomic E-state index is 12.5. The summed E-state index contributed by atoms with van der Waals surface area (Å²) in [6, 6.07) is 12.6. The van der Waals surface area contributed by atoms with Gasteiger partial charge in [-0.1, -0.05) is 12.1 Å². The van der Waals surface area contributed by atoms with E-state index in [1.165, 1.54) is 0 Å². The Morgan fingerprint density at radius 1 is 1.24 bits per heavy atom. The highest BCUT2D eigenvalue weighted by molar-refractivity contribution is 5.81. The van der Waals surface area contributed by atoms with Crippen LogP contribution in [0.5, 0.6) is 11.5 Å². The minimum Gasteiger partial charge on any atom is -0.485 e. The molecule has 0 unspecified atom stereocenters. The molecule has 0 fully saturated rings. The Kier molecular flexibility index (Phi) is 4.12. The van der Waals surface area contributed by atoms with E-state index >= 15 is 0 Å². The molecule has 2 atom stereocenters. The van der Waals surface area contributed by atoms with E-state index in [-0.39, 0.29) is 18.6 Å². The molecule has 0 bridgehead atoms. The number of benzene rings is 1. The summed E-state index contributed by atoms with van der Waals surface area (Å²) in [7, 11) is 0. The third-order valence-electron chi connectivity index (χ3n) is 3.99. The normalized spacial score (nSPS) is 17.0. The molecule has 3 heterocycles. The van der Waals surface area contributed by atoms with Gasteiger partial charge in [0.2, 0.25) is 6.10 Å². The number of rotatable bonds is 5. The van der Waals surface area contributed by atoms with Crippen LogP contribution < -0.4 is 14.8 Å². The first-order valence-electron chi connectivity index (χ1n) is 8.00. The predicted molar refractivity (Wildman–Crippen MR) is 88.4 cm³/mol. The average Bonchev–Trinajstić information content (AvgIpc) is 3.36. The van der Waals surface area contributed by atoms with Crippen LogP contribution in [0.1, 0.15) is 11.8 Å². The molecule has 0 spiro atoms. The summed E-state index contributed by atoms with van der Waals surface area (Å²) in [5.74, 6) is 1.70. The van der Waals surface area contributed by atoms with Gasteiger partial charge in [0.1, 0.15) is 18.4 Å². The van der Waals surface area contributed by atoms with E-state index in [4.69, 9.17) is 13.9 Å². The van der Waals surface area contributed by atoms with E-state index in [0.29, 0.717) is 18.0 Å². The highest BCUT2D eigenvalue weighted by Crippen LogP contribution is 2.30. The first-order valence-corrected chi connectivity index (χ1v) is 8.00. The summed E-state index contributed by atoms with van der Waals surface area (Å²) in [4.78, 5) is 12.5. The SMILES string of the molecule is O=C(NC[C@H](c1ccco1)n1cccn1)[C@H]1COc2ccccc2O1. The van der Waals surface area contributed by atoms with Gasteiger partial charge < -0.3 is 19.2 Å². The molecule has 25 heavy (non-hydrogen) atoms. The van der Waals surface area contributed by atoms with Crippen molar-refractivity contribution >= 4 is 5.91 Å². The van der Waals surface area contributed by atoms with Gasteiger partial charge in [0, 0.05) is 18.9 Å². The number of fused-ring (bicyclic) bond motifs is 1. The highest BCUT2D eigenvalue weighted by Gasteiger charge is 2.28. The van der Waals surface area contributed by atoms with Crippen LogP contribution in [0, 0.1) is 0 Å². The molecule has 1 aliphatic heterocycles. The van der Waals surface area contributed by atoms with Gasteiger partial charge in [-0.2, -0.15) is 5.10 Å². The number of carbonyl (C=O) groups excluding carboxylic acids is 1. The van der Waals surface area contributed by atoms with Crippen LogP contribution in [-0.2, 0) is 4.79 Å². The van der Waals surface area contributed by atoms with Gasteiger partial charge in [0.25, 0.3) is 5.91 Å². The number of nitrogens with zero attached hydrogens (tertiary/aromatic N) is 2. The number of hydrogen-bond donors (Lipinski definition) is 1. The van der Waals surface area contributed by atoms with Gasteiger partial charge in [-0.3, -0.25) is 9.48 Å². The Labute approximate surface area is 144 Å². The summed E-state index contributed by atoms with van der Waals surface area (Å²) >= 11 is 0. The molecule has 0 aliphatic carbocycles. The molecule has 128 valence electrons. The standard InChI is InChI=1S/C18H17N3O4/c22-18(17-12-24-15-5-1-2-6-16(15)25-17)19-11-13(14-7-3-10-23-14)21-9-4-8-20-21/h1-10,13,17H,11-12H2,(H,19,22)/t13-,17-/m1/s1. The Bertz CT molecular complexity index is 796. The number of para-hydroxylation sites is 2. The molecule has 0 radical (unpaired) electrons. The van der Waals surface area contributed by atoms with Crippen LogP contribution in [-0.4, -0.2) is 34.9 Å². The van der Waals surface area contributed by atoms with Gasteiger partial charge in [0.15, 0.2) is 11.5 Å². The van der Waals surface area contributed by atoms with Gasteiger partial charge in [-0.05, 0) is 30.3 Å². The number of nitrogens with one attached hydrogen (secondary N) is 1. The van der Waals surface area contributed by atoms with Crippen molar-refractivity contribution in [2.75, 3.05) is 13.2 Å². The smallest absolute Gasteiger partial charge is 0.264 e. The number of ether oxygens (including phenoxy) is 2. The van der Waals surface area contributed by atoms with E-state index in [9.17, 15) is 4.79 Å². The molecule has 2 aromatic heterocycles. The highest BCUT2D eigenvalue weighted by atomic mass is 16.6. The molecule has 1 amide bonds. The monoisotopic (exact) mass is 339 g/mol. The van der Waals surface area contributed by atoms with Crippen LogP contribution in [0.15, 0.2) is 65.5 Å². The zero-order valence-corrected chi connectivity index (χ0v) is 13.4. The van der Waals surface area contributed by atoms with E-state index in [2.05, 4.69) is 10.4 Å². The van der Waals surface area contributed by atoms with Gasteiger partial charge in [0.05, 0.1) is 6.26 Å². The Hall–Kier alpha value is -3.22. The molecule has 1 aromatic carbocycles. The lowest BCUT2D eigenvalue weighted by atomic mass is 10.2. The first-order chi connectivity index (χ1) is 12.3. The van der Waals surface area contributed by atoms with E-state index < -0.39 is 6.10 Å². The maximum absolute atomic E-state index is 12.5. The number of aromatic nitrogens is 2. The van der Waals surface area contributed by atoms with Crippen molar-refractivity contribution in [3.63, 3.8) is 0 Å². The van der Waals surface area contributed by atoms with Gasteiger partial charge >= 0.3 is 0 Å². The van der Waals surface area contributed by atoms with E-state index in [0.717, 1.165) is 5.76 Å². The zero-order chi connectivity index (χ0) is 17.1. The lowest BCUT2D eigenvalue weighted by molar-refractivity contribution is -0.130. The lowest BCUT2D eigenvalue weighted by Gasteiger charge is -2.26. The van der Waals surface area contributed by atoms with Crippen LogP contribution >= 0.6 is 0 Å². The van der Waals surface area contributed by atoms with Crippen LogP contribution in [0.4, 0.5) is 0 Å². The Balaban J connectivity index is 1.42. The molecule has 1 aliphatic rings. The van der Waals surface area contributed by atoms with Crippen LogP contribution in [0.3, 0.4) is 0 Å². The molecule has 0 saturated carbocycles. The second-order valence-corrected chi connectivity index (χ2v) is 5.63. The first kappa shape index (κ1) is 15.3. The second kappa shape index (κ2) is 6.72. The van der Waals surface area contributed by atoms with Crippen molar-refractivity contribution in [3.8, 4) is 11.5 Å². The van der Waals surface area contributed by atoms with E-state index in [1.54, 1.807) is 23.2 Å². The van der Waals surface area contributed by atoms with Crippen molar-refractivity contribution in [1.82, 2.24) is 15.1 Å². The largest absolute Gasteiger partial charge is 0.485 e. The molecule has 7 nitrogen and oxygen atoms in total. The molecular formula is C18H17N3O4. The molecule has 1 N–H and O–H groups in total. The predicted octanol–water partition coefficient (Wildman–Crippen LogP) is 2.02. The molecule has 0 saturated heterocycles. The zero-order valence-electron chi connectivity index (χ0n) is 13.4. The summed E-state index contributed by atoms with van der Waals surface area (Å²) in [6.07, 6.45) is 4.43. The number of amides is 1. The number of hydrogen-bond acceptors (Lipinski definition) is 5. The van der Waals surface area contributed by atoms with Crippen molar-refractivity contribution in [1.29, 1.82) is 0 Å². The quantitative estimate of drug-likeness (QED) is 0.769. The number of carbonyl (C=O) groups is 1. The Morgan fingerprint density at radius 2 is 2.12 bits per heavy atom. The minimum atomic E-state index is -0.690. The summed E-state index contributed by atoms with van der Waals surface area (Å²) < 4.78 is 18.5. The summed E-state index contributed by atoms with van der Waals surface area (Å²) in [5.41, 5.74) is 0. The minimum absolute atomic E-state index is 0.177. The average molecular weight is 339 g/mol. The lowest BCUT2D eigenvalue weighted by Crippen LogP contribution is -2.45. The van der Waals surface area contributed by atoms with Crippen molar-refractivity contribution in [2.24, 2.45) is 0 Å². The summed E-state index contributed by atoms with van der Waals surface area (Å²) in [6.45, 7) is 0.506. The fourth-order valence-electron chi connectivity index (χ4n) is 2.73. The number of furan rings is 1. The van der Waals surface area contributed by atoms with Crippen molar-refractivity contribution in [2.45, 2.75) is 12.1 Å². The summed E-state index contributed by atoms with van der Waals surface area (Å²) in [5, 5.41) is 7.14. The maximum Gasteiger partial charge on any atom is 0.264 e. The molecule has 3 aromatic rings. The third-order valence-corrected chi connectivity index (χ3v) is 3.99. The fourth-order valence-corrected chi connectivity index (χ4v) is 2.73. The topological polar surface area (TPSA) is 78.5 Å². The molecule has 7 heteroatoms. The van der Waals surface area contributed by atoms with E-state index in [1.807, 2.05) is 42.6 Å². The second-order valence-electron chi connectivity index (χ2n) is 5.63. The van der Waals surface area contributed by atoms with Crippen LogP contribution in [0.2, 0.25) is 0 Å². The van der Waals surface area contributed by atoms with Gasteiger partial charge in [-0.15, -0.1) is 0 Å². The van der Waals surface area contributed by atoms with Crippen molar-refractivity contribution in [3.05, 3.63) is 66.9 Å². The Morgan fingerprint density at radius 3 is 2.88 bits per heavy atom. The molecule has 4 rings (SSSR count). The third kappa shape index (κ3) is 3.21. The van der Waals surface area contributed by atoms with Crippen LogP contribution in [0.25, 0.3) is 0 Å². The fraction of sp³-hybridized carbons (Fsp3) is 0.222. The van der Waals surface area contributed by atoms with Gasteiger partial charge in [-0.25, -0.2) is 0 Å². The van der Waals surface area contributed by atoms with Crippen molar-refractivity contribution < 1.29 is 18.7 Å². The molecular weight excluding hydrogens is 322 g/mol.